The van der Waals surface area contributed by atoms with Crippen LogP contribution in [0.15, 0.2) is 30.9 Å². The summed E-state index contributed by atoms with van der Waals surface area (Å²) in [4.78, 5) is 0. The van der Waals surface area contributed by atoms with E-state index in [-0.39, 0.29) is 6.04 Å². The fraction of sp³-hybridized carbons (Fsp3) is 0.273. The largest absolute Gasteiger partial charge is 0.324 e. The zero-order chi connectivity index (χ0) is 10.6. The molecule has 0 aromatic heterocycles. The summed E-state index contributed by atoms with van der Waals surface area (Å²) in [6.45, 7) is 3.57. The summed E-state index contributed by atoms with van der Waals surface area (Å²) in [6.07, 6.45) is 3.20. The number of rotatable bonds is 4. The minimum atomic E-state index is -0.850. The normalized spacial score (nSPS) is 12.5. The maximum Gasteiger partial charge on any atom is 0.159 e. The van der Waals surface area contributed by atoms with Gasteiger partial charge in [0.2, 0.25) is 0 Å². The van der Waals surface area contributed by atoms with Gasteiger partial charge >= 0.3 is 0 Å². The van der Waals surface area contributed by atoms with Crippen LogP contribution in [0.25, 0.3) is 0 Å². The van der Waals surface area contributed by atoms with Gasteiger partial charge in [-0.15, -0.1) is 6.58 Å². The molecule has 1 unspecified atom stereocenters. The fourth-order valence-corrected chi connectivity index (χ4v) is 1.21. The third-order valence-corrected chi connectivity index (χ3v) is 2.05. The van der Waals surface area contributed by atoms with Gasteiger partial charge in [0.1, 0.15) is 0 Å². The van der Waals surface area contributed by atoms with E-state index in [4.69, 9.17) is 5.73 Å². The molecule has 1 nitrogen and oxygen atoms in total. The van der Waals surface area contributed by atoms with Crippen molar-refractivity contribution in [3.63, 3.8) is 0 Å². The molecule has 0 spiro atoms. The summed E-state index contributed by atoms with van der Waals surface area (Å²) in [6, 6.07) is 3.48. The molecule has 0 aliphatic heterocycles. The lowest BCUT2D eigenvalue weighted by Crippen LogP contribution is -2.10. The number of hydrogen-bond acceptors (Lipinski definition) is 1. The average Bonchev–Trinajstić information content (AvgIpc) is 2.18. The van der Waals surface area contributed by atoms with Crippen molar-refractivity contribution in [2.24, 2.45) is 5.73 Å². The number of nitrogens with two attached hydrogens (primary N) is 1. The van der Waals surface area contributed by atoms with Gasteiger partial charge in [0, 0.05) is 6.04 Å². The van der Waals surface area contributed by atoms with Crippen LogP contribution in [0.4, 0.5) is 8.78 Å². The van der Waals surface area contributed by atoms with Crippen LogP contribution in [0.1, 0.15) is 24.4 Å². The lowest BCUT2D eigenvalue weighted by atomic mass is 10.0. The van der Waals surface area contributed by atoms with Gasteiger partial charge in [-0.05, 0) is 30.5 Å². The van der Waals surface area contributed by atoms with E-state index in [2.05, 4.69) is 6.58 Å². The Bertz CT molecular complexity index is 323. The highest BCUT2D eigenvalue weighted by molar-refractivity contribution is 5.20. The van der Waals surface area contributed by atoms with Crippen LogP contribution in [0.2, 0.25) is 0 Å². The first-order chi connectivity index (χ1) is 6.65. The van der Waals surface area contributed by atoms with Crippen molar-refractivity contribution >= 4 is 0 Å². The molecule has 1 rings (SSSR count). The number of hydrogen-bond donors (Lipinski definition) is 1. The van der Waals surface area contributed by atoms with Gasteiger partial charge < -0.3 is 5.73 Å². The van der Waals surface area contributed by atoms with Crippen molar-refractivity contribution in [1.82, 2.24) is 0 Å². The van der Waals surface area contributed by atoms with Crippen LogP contribution in [-0.2, 0) is 0 Å². The zero-order valence-corrected chi connectivity index (χ0v) is 7.84. The molecule has 0 aliphatic rings. The number of halogens is 2. The predicted octanol–water partition coefficient (Wildman–Crippen LogP) is 2.93. The van der Waals surface area contributed by atoms with Gasteiger partial charge in [0.25, 0.3) is 0 Å². The smallest absolute Gasteiger partial charge is 0.159 e. The second-order valence-corrected chi connectivity index (χ2v) is 3.15. The van der Waals surface area contributed by atoms with Crippen molar-refractivity contribution in [2.45, 2.75) is 18.9 Å². The van der Waals surface area contributed by atoms with E-state index in [9.17, 15) is 8.78 Å². The van der Waals surface area contributed by atoms with Crippen LogP contribution in [0.5, 0.6) is 0 Å². The summed E-state index contributed by atoms with van der Waals surface area (Å²) >= 11 is 0. The Hall–Kier alpha value is -1.22. The molecule has 0 bridgehead atoms. The van der Waals surface area contributed by atoms with Crippen LogP contribution < -0.4 is 5.73 Å². The average molecular weight is 197 g/mol. The first-order valence-electron chi connectivity index (χ1n) is 4.46. The Kier molecular flexibility index (Phi) is 3.77. The molecule has 14 heavy (non-hydrogen) atoms. The molecule has 0 saturated heterocycles. The van der Waals surface area contributed by atoms with Gasteiger partial charge in [0.05, 0.1) is 0 Å². The first kappa shape index (κ1) is 10.9. The van der Waals surface area contributed by atoms with Gasteiger partial charge in [0.15, 0.2) is 11.6 Å². The lowest BCUT2D eigenvalue weighted by molar-refractivity contribution is 0.504. The topological polar surface area (TPSA) is 26.0 Å². The first-order valence-corrected chi connectivity index (χ1v) is 4.46. The van der Waals surface area contributed by atoms with E-state index in [0.29, 0.717) is 12.0 Å². The number of allylic oxidation sites excluding steroid dienone is 1. The van der Waals surface area contributed by atoms with Crippen LogP contribution >= 0.6 is 0 Å². The molecule has 3 heteroatoms. The van der Waals surface area contributed by atoms with E-state index in [0.717, 1.165) is 18.6 Å². The highest BCUT2D eigenvalue weighted by Crippen LogP contribution is 2.18. The zero-order valence-electron chi connectivity index (χ0n) is 7.84. The van der Waals surface area contributed by atoms with Crippen molar-refractivity contribution in [1.29, 1.82) is 0 Å². The molecule has 1 atom stereocenters. The van der Waals surface area contributed by atoms with Gasteiger partial charge in [-0.3, -0.25) is 0 Å². The Morgan fingerprint density at radius 1 is 1.36 bits per heavy atom. The van der Waals surface area contributed by atoms with Crippen LogP contribution in [0.3, 0.4) is 0 Å². The molecule has 0 aliphatic carbocycles. The van der Waals surface area contributed by atoms with Crippen molar-refractivity contribution < 1.29 is 8.78 Å². The molecule has 1 aromatic carbocycles. The molecule has 0 heterocycles. The van der Waals surface area contributed by atoms with E-state index in [1.165, 1.54) is 6.07 Å². The molecule has 0 amide bonds. The molecule has 1 aromatic rings. The lowest BCUT2D eigenvalue weighted by Gasteiger charge is -2.10. The molecule has 0 radical (unpaired) electrons. The highest BCUT2D eigenvalue weighted by Gasteiger charge is 2.08. The Labute approximate surface area is 82.2 Å². The SMILES string of the molecule is C=CCCC(N)c1ccc(F)c(F)c1. The summed E-state index contributed by atoms with van der Waals surface area (Å²) in [5.74, 6) is -1.69. The highest BCUT2D eigenvalue weighted by atomic mass is 19.2. The maximum absolute atomic E-state index is 12.8. The third-order valence-electron chi connectivity index (χ3n) is 2.05. The molecular formula is C11H13F2N. The molecule has 76 valence electrons. The summed E-state index contributed by atoms with van der Waals surface area (Å²) < 4.78 is 25.4. The van der Waals surface area contributed by atoms with E-state index in [1.54, 1.807) is 6.08 Å². The van der Waals surface area contributed by atoms with E-state index in [1.807, 2.05) is 0 Å². The van der Waals surface area contributed by atoms with Gasteiger partial charge in [-0.1, -0.05) is 12.1 Å². The maximum atomic E-state index is 12.8. The molecule has 0 fully saturated rings. The summed E-state index contributed by atoms with van der Waals surface area (Å²) in [5.41, 5.74) is 6.38. The molecular weight excluding hydrogens is 184 g/mol. The van der Waals surface area contributed by atoms with Gasteiger partial charge in [-0.2, -0.15) is 0 Å². The van der Waals surface area contributed by atoms with Crippen molar-refractivity contribution in [2.75, 3.05) is 0 Å². The second-order valence-electron chi connectivity index (χ2n) is 3.15. The minimum Gasteiger partial charge on any atom is -0.324 e. The Morgan fingerprint density at radius 3 is 2.64 bits per heavy atom. The summed E-state index contributed by atoms with van der Waals surface area (Å²) in [5, 5.41) is 0. The van der Waals surface area contributed by atoms with Crippen LogP contribution in [0, 0.1) is 11.6 Å². The summed E-state index contributed by atoms with van der Waals surface area (Å²) in [7, 11) is 0. The van der Waals surface area contributed by atoms with E-state index >= 15 is 0 Å². The third kappa shape index (κ3) is 2.64. The van der Waals surface area contributed by atoms with Crippen molar-refractivity contribution in [3.8, 4) is 0 Å². The molecule has 0 saturated carbocycles. The van der Waals surface area contributed by atoms with Crippen molar-refractivity contribution in [3.05, 3.63) is 48.1 Å². The molecule has 2 N–H and O–H groups in total. The minimum absolute atomic E-state index is 0.261. The predicted molar refractivity (Wildman–Crippen MR) is 52.7 cm³/mol. The quantitative estimate of drug-likeness (QED) is 0.738. The standard InChI is InChI=1S/C11H13F2N/c1-2-3-4-11(14)8-5-6-9(12)10(13)7-8/h2,5-7,11H,1,3-4,14H2. The second kappa shape index (κ2) is 4.86. The van der Waals surface area contributed by atoms with Gasteiger partial charge in [-0.25, -0.2) is 8.78 Å². The fourth-order valence-electron chi connectivity index (χ4n) is 1.21. The number of benzene rings is 1. The van der Waals surface area contributed by atoms with E-state index < -0.39 is 11.6 Å². The monoisotopic (exact) mass is 197 g/mol. The van der Waals surface area contributed by atoms with Crippen LogP contribution in [-0.4, -0.2) is 0 Å². The Balaban J connectivity index is 2.75. The Morgan fingerprint density at radius 2 is 2.07 bits per heavy atom.